The van der Waals surface area contributed by atoms with Gasteiger partial charge in [0.2, 0.25) is 0 Å². The Balaban J connectivity index is 1.24. The fourth-order valence-electron chi connectivity index (χ4n) is 5.76. The first-order valence-corrected chi connectivity index (χ1v) is 18.3. The van der Waals surface area contributed by atoms with Gasteiger partial charge in [0.15, 0.2) is 11.5 Å². The van der Waals surface area contributed by atoms with E-state index in [1.54, 1.807) is 12.4 Å². The third kappa shape index (κ3) is 5.95. The van der Waals surface area contributed by atoms with Crippen molar-refractivity contribution in [3.05, 3.63) is 24.9 Å². The van der Waals surface area contributed by atoms with Crippen molar-refractivity contribution in [1.82, 2.24) is 19.5 Å². The number of nitrogens with two attached hydrogens (primary N) is 2. The van der Waals surface area contributed by atoms with Crippen LogP contribution in [0.3, 0.4) is 0 Å². The lowest BCUT2D eigenvalue weighted by atomic mass is 9.70. The maximum absolute atomic E-state index is 13.4. The predicted molar refractivity (Wildman–Crippen MR) is 155 cm³/mol. The van der Waals surface area contributed by atoms with E-state index in [0.717, 1.165) is 0 Å². The Morgan fingerprint density at radius 3 is 2.74 bits per heavy atom. The number of fused-ring (bicyclic) bond motifs is 4. The molecule has 16 nitrogen and oxygen atoms in total. The molecule has 3 unspecified atom stereocenters. The Kier molecular flexibility index (Phi) is 8.34. The number of aromatic nitrogens is 4. The zero-order chi connectivity index (χ0) is 29.8. The molecule has 2 saturated heterocycles. The second kappa shape index (κ2) is 11.6. The molecule has 20 heteroatoms. The molecule has 6 rings (SSSR count). The fourth-order valence-corrected chi connectivity index (χ4v) is 8.41. The number of imidazole rings is 1. The number of aliphatic hydroxyl groups excluding tert-OH is 1. The number of primary amides is 1. The molecule has 1 saturated carbocycles. The Bertz CT molecular complexity index is 1540. The molecule has 10 atom stereocenters. The van der Waals surface area contributed by atoms with Crippen LogP contribution in [-0.4, -0.2) is 85.4 Å². The quantitative estimate of drug-likeness (QED) is 0.227. The van der Waals surface area contributed by atoms with Crippen LogP contribution in [-0.2, 0) is 44.0 Å². The molecular weight excluding hydrogens is 632 g/mol. The molecule has 3 aliphatic heterocycles. The van der Waals surface area contributed by atoms with Gasteiger partial charge in [-0.1, -0.05) is 18.3 Å². The number of hydrogen-bond acceptors (Lipinski definition) is 14. The molecule has 1 amide bonds. The average Bonchev–Trinajstić information content (AvgIpc) is 3.48. The number of amides is 1. The molecule has 1 aliphatic carbocycles. The smallest absolute Gasteiger partial charge is 0.386 e. The largest absolute Gasteiger partial charge is 0.387 e. The average molecular weight is 662 g/mol. The van der Waals surface area contributed by atoms with E-state index >= 15 is 0 Å². The third-order valence-corrected chi connectivity index (χ3v) is 11.2. The van der Waals surface area contributed by atoms with E-state index in [-0.39, 0.29) is 55.6 Å². The Morgan fingerprint density at radius 1 is 1.17 bits per heavy atom. The number of hydrogen-bond donors (Lipinski definition) is 5. The summed E-state index contributed by atoms with van der Waals surface area (Å²) in [5.74, 6) is -1.47. The number of ether oxygens (including phenoxy) is 1. The standard InChI is InChI=1S/C22H29N7O9P2S2/c23-20-16-22(27-8-26-20)29(9-28-16)14-4-11-5-34-40(33,42)38-19-17(30)15(7-36-39(32,41)35-6-12(11)14)37-18(19)10-1-2-25-13(3-10)21(24)31/h1-2,8-12,14-15,17-19,30H,3-7H2,(H2,24,31)(H,32,41)(H,33,42)(H2,23,26,27)/t10?,11-,12-,14-,15-,17-,18+,19-,39?,40?/m1/s1. The highest BCUT2D eigenvalue weighted by atomic mass is 32.7. The highest BCUT2D eigenvalue weighted by molar-refractivity contribution is 8.44. The van der Waals surface area contributed by atoms with Crippen molar-refractivity contribution >= 4 is 66.2 Å². The minimum Gasteiger partial charge on any atom is -0.387 e. The van der Waals surface area contributed by atoms with Crippen LogP contribution >= 0.6 is 25.8 Å². The summed E-state index contributed by atoms with van der Waals surface area (Å²) in [6.07, 6.45) is 2.14. The highest BCUT2D eigenvalue weighted by Crippen LogP contribution is 2.59. The first kappa shape index (κ1) is 30.2. The van der Waals surface area contributed by atoms with Crippen LogP contribution in [0.25, 0.3) is 11.2 Å². The number of nitrogen functional groups attached to an aromatic ring is 1. The van der Waals surface area contributed by atoms with Gasteiger partial charge in [-0.2, -0.15) is 0 Å². The highest BCUT2D eigenvalue weighted by Gasteiger charge is 2.52. The third-order valence-electron chi connectivity index (χ3n) is 8.00. The number of aliphatic imine (C=N–C) groups is 1. The Hall–Kier alpha value is -1.82. The second-order valence-corrected chi connectivity index (χ2v) is 16.2. The van der Waals surface area contributed by atoms with Gasteiger partial charge in [0.1, 0.15) is 35.9 Å². The summed E-state index contributed by atoms with van der Waals surface area (Å²) >= 11 is 9.44. The fraction of sp³-hybridized carbons (Fsp3) is 0.591. The molecule has 0 radical (unpaired) electrons. The van der Waals surface area contributed by atoms with Crippen molar-refractivity contribution < 1.29 is 42.2 Å². The summed E-state index contributed by atoms with van der Waals surface area (Å²) in [6.45, 7) is -8.24. The number of aliphatic hydroxyl groups is 1. The molecule has 0 spiro atoms. The molecule has 3 fully saturated rings. The van der Waals surface area contributed by atoms with E-state index in [2.05, 4.69) is 32.2 Å². The van der Waals surface area contributed by atoms with Crippen molar-refractivity contribution in [3.8, 4) is 0 Å². The van der Waals surface area contributed by atoms with Gasteiger partial charge in [-0.05, 0) is 24.1 Å². The van der Waals surface area contributed by atoms with Crippen molar-refractivity contribution in [2.45, 2.75) is 43.3 Å². The summed E-state index contributed by atoms with van der Waals surface area (Å²) in [5.41, 5.74) is 12.4. The zero-order valence-corrected chi connectivity index (χ0v) is 25.4. The molecule has 4 aliphatic rings. The molecule has 0 aromatic carbocycles. The molecular formula is C22H29N7O9P2S2. The van der Waals surface area contributed by atoms with E-state index in [4.69, 9.17) is 46.1 Å². The van der Waals surface area contributed by atoms with Crippen LogP contribution in [0, 0.1) is 17.8 Å². The van der Waals surface area contributed by atoms with Crippen molar-refractivity contribution in [2.24, 2.45) is 28.5 Å². The number of rotatable bonds is 3. The Labute approximate surface area is 249 Å². The van der Waals surface area contributed by atoms with Gasteiger partial charge in [0.25, 0.3) is 5.91 Å². The molecule has 2 bridgehead atoms. The van der Waals surface area contributed by atoms with Gasteiger partial charge in [-0.15, -0.1) is 0 Å². The van der Waals surface area contributed by atoms with Crippen molar-refractivity contribution in [3.63, 3.8) is 0 Å². The minimum absolute atomic E-state index is 0.0220. The number of carbonyl (C=O) groups excluding carboxylic acids is 1. The molecule has 2 aromatic heterocycles. The lowest BCUT2D eigenvalue weighted by molar-refractivity contribution is -0.112. The summed E-state index contributed by atoms with van der Waals surface area (Å²) in [4.78, 5) is 39.2. The van der Waals surface area contributed by atoms with Gasteiger partial charge in [0, 0.05) is 30.5 Å². The van der Waals surface area contributed by atoms with Crippen molar-refractivity contribution in [2.75, 3.05) is 25.6 Å². The van der Waals surface area contributed by atoms with Gasteiger partial charge < -0.3 is 44.3 Å². The number of thiol groups is 1. The van der Waals surface area contributed by atoms with Crippen LogP contribution in [0.15, 0.2) is 29.9 Å². The van der Waals surface area contributed by atoms with Crippen LogP contribution < -0.4 is 11.5 Å². The van der Waals surface area contributed by atoms with E-state index in [0.29, 0.717) is 17.6 Å². The number of nitrogens with zero attached hydrogens (tertiary/aromatic N) is 5. The van der Waals surface area contributed by atoms with Gasteiger partial charge >= 0.3 is 13.5 Å². The van der Waals surface area contributed by atoms with Gasteiger partial charge in [-0.3, -0.25) is 14.3 Å². The number of anilines is 1. The molecule has 2 aromatic rings. The van der Waals surface area contributed by atoms with E-state index < -0.39 is 49.8 Å². The summed E-state index contributed by atoms with van der Waals surface area (Å²) in [7, 11) is 0. The van der Waals surface area contributed by atoms with Crippen LogP contribution in [0.4, 0.5) is 5.82 Å². The first-order chi connectivity index (χ1) is 19.9. The van der Waals surface area contributed by atoms with Crippen molar-refractivity contribution in [1.29, 1.82) is 0 Å². The molecule has 6 N–H and O–H groups in total. The molecule has 228 valence electrons. The van der Waals surface area contributed by atoms with Gasteiger partial charge in [0.05, 0.1) is 32.3 Å². The number of carbonyl (C=O) groups is 1. The van der Waals surface area contributed by atoms with E-state index in [9.17, 15) is 19.4 Å². The Morgan fingerprint density at radius 2 is 1.95 bits per heavy atom. The zero-order valence-electron chi connectivity index (χ0n) is 21.9. The van der Waals surface area contributed by atoms with Gasteiger partial charge in [-0.25, -0.2) is 19.5 Å². The lowest BCUT2D eigenvalue weighted by Gasteiger charge is -2.45. The van der Waals surface area contributed by atoms with Crippen LogP contribution in [0.5, 0.6) is 0 Å². The SMILES string of the molecule is NC(=O)C1=NC=CC([C@@H]2O[C@@H]3COP(O)(=S)OC[C@@H]4[C@@H](COP(=O)(S)O[C@@H]2[C@@H]3O)C[C@H]4n2cnc3c(N)ncnc32)C1. The first-order valence-electron chi connectivity index (χ1n) is 13.0. The maximum Gasteiger partial charge on any atom is 0.386 e. The monoisotopic (exact) mass is 661 g/mol. The van der Waals surface area contributed by atoms with Crippen LogP contribution in [0.1, 0.15) is 18.9 Å². The summed E-state index contributed by atoms with van der Waals surface area (Å²) in [5, 5.41) is 11.1. The maximum atomic E-state index is 13.4. The summed E-state index contributed by atoms with van der Waals surface area (Å²) in [6, 6.07) is -0.189. The van der Waals surface area contributed by atoms with E-state index in [1.807, 2.05) is 4.57 Å². The predicted octanol–water partition coefficient (Wildman–Crippen LogP) is 0.877. The van der Waals surface area contributed by atoms with E-state index in [1.165, 1.54) is 12.5 Å². The molecule has 42 heavy (non-hydrogen) atoms. The lowest BCUT2D eigenvalue weighted by Crippen LogP contribution is -2.43. The van der Waals surface area contributed by atoms with Crippen LogP contribution in [0.2, 0.25) is 0 Å². The topological polar surface area (TPSA) is 229 Å². The second-order valence-electron chi connectivity index (χ2n) is 10.5. The molecule has 5 heterocycles. The minimum atomic E-state index is -4.04. The summed E-state index contributed by atoms with van der Waals surface area (Å²) < 4.78 is 44.1. The normalized spacial score (nSPS) is 41.0.